The van der Waals surface area contributed by atoms with Gasteiger partial charge in [-0.1, -0.05) is 23.2 Å². The van der Waals surface area contributed by atoms with E-state index in [0.29, 0.717) is 5.75 Å². The van der Waals surface area contributed by atoms with Gasteiger partial charge in [0.05, 0.1) is 10.9 Å². The van der Waals surface area contributed by atoms with Gasteiger partial charge in [-0.15, -0.1) is 0 Å². The lowest BCUT2D eigenvalue weighted by atomic mass is 10.1. The van der Waals surface area contributed by atoms with Gasteiger partial charge in [-0.25, -0.2) is 0 Å². The molecule has 0 saturated heterocycles. The van der Waals surface area contributed by atoms with Gasteiger partial charge in [0.1, 0.15) is 5.75 Å². The Labute approximate surface area is 155 Å². The van der Waals surface area contributed by atoms with Crippen LogP contribution in [-0.4, -0.2) is 5.11 Å². The number of aromatic hydroxyl groups is 1. The predicted molar refractivity (Wildman–Crippen MR) is 103 cm³/mol. The van der Waals surface area contributed by atoms with Crippen molar-refractivity contribution in [1.82, 2.24) is 0 Å². The van der Waals surface area contributed by atoms with Crippen LogP contribution in [0.5, 0.6) is 5.75 Å². The highest BCUT2D eigenvalue weighted by Crippen LogP contribution is 2.35. The molecular formula is C20H17Cl2OS+. The van der Waals surface area contributed by atoms with Crippen molar-refractivity contribution < 1.29 is 5.11 Å². The van der Waals surface area contributed by atoms with Gasteiger partial charge in [-0.05, 0) is 73.5 Å². The molecule has 0 heterocycles. The van der Waals surface area contributed by atoms with Gasteiger partial charge in [0.2, 0.25) is 0 Å². The highest BCUT2D eigenvalue weighted by molar-refractivity contribution is 7.97. The average Bonchev–Trinajstić information content (AvgIpc) is 2.56. The molecular weight excluding hydrogens is 359 g/mol. The summed E-state index contributed by atoms with van der Waals surface area (Å²) in [5, 5.41) is 11.5. The number of phenols is 1. The molecule has 1 N–H and O–H groups in total. The van der Waals surface area contributed by atoms with E-state index in [1.54, 1.807) is 0 Å². The molecule has 0 fully saturated rings. The highest BCUT2D eigenvalue weighted by Gasteiger charge is 2.29. The molecule has 4 heteroatoms. The average molecular weight is 376 g/mol. The Morgan fingerprint density at radius 1 is 0.667 bits per heavy atom. The molecule has 1 nitrogen and oxygen atoms in total. The zero-order chi connectivity index (χ0) is 17.3. The minimum atomic E-state index is -0.288. The van der Waals surface area contributed by atoms with Gasteiger partial charge in [0.15, 0.2) is 14.7 Å². The van der Waals surface area contributed by atoms with E-state index >= 15 is 0 Å². The number of halogens is 2. The number of aryl methyl sites for hydroxylation is 2. The van der Waals surface area contributed by atoms with Gasteiger partial charge >= 0.3 is 0 Å². The summed E-state index contributed by atoms with van der Waals surface area (Å²) in [6.45, 7) is 3.86. The van der Waals surface area contributed by atoms with Gasteiger partial charge in [0.25, 0.3) is 0 Å². The molecule has 0 amide bonds. The van der Waals surface area contributed by atoms with E-state index in [-0.39, 0.29) is 10.9 Å². The summed E-state index contributed by atoms with van der Waals surface area (Å²) >= 11 is 12.1. The summed E-state index contributed by atoms with van der Waals surface area (Å²) in [6.07, 6.45) is 0. The van der Waals surface area contributed by atoms with Crippen molar-refractivity contribution in [3.05, 3.63) is 81.8 Å². The van der Waals surface area contributed by atoms with E-state index < -0.39 is 0 Å². The molecule has 3 aromatic rings. The van der Waals surface area contributed by atoms with Crippen molar-refractivity contribution in [2.75, 3.05) is 0 Å². The molecule has 0 saturated carbocycles. The number of hydrogen-bond acceptors (Lipinski definition) is 1. The van der Waals surface area contributed by atoms with Crippen LogP contribution in [0.1, 0.15) is 11.1 Å². The second-order valence-electron chi connectivity index (χ2n) is 5.62. The highest BCUT2D eigenvalue weighted by atomic mass is 35.5. The fourth-order valence-electron chi connectivity index (χ4n) is 2.58. The largest absolute Gasteiger partial charge is 0.507 e. The summed E-state index contributed by atoms with van der Waals surface area (Å²) in [5.41, 5.74) is 1.76. The third-order valence-corrected chi connectivity index (χ3v) is 6.50. The van der Waals surface area contributed by atoms with Crippen molar-refractivity contribution in [2.24, 2.45) is 0 Å². The maximum absolute atomic E-state index is 10.1. The second-order valence-corrected chi connectivity index (χ2v) is 8.52. The number of phenolic OH excluding ortho intramolecular Hbond substituents is 1. The molecule has 24 heavy (non-hydrogen) atoms. The lowest BCUT2D eigenvalue weighted by Gasteiger charge is -2.11. The van der Waals surface area contributed by atoms with Crippen LogP contribution >= 0.6 is 23.2 Å². The number of rotatable bonds is 3. The number of hydrogen-bond donors (Lipinski definition) is 1. The minimum Gasteiger partial charge on any atom is -0.507 e. The van der Waals surface area contributed by atoms with E-state index in [2.05, 4.69) is 36.4 Å². The van der Waals surface area contributed by atoms with E-state index in [1.807, 2.05) is 38.1 Å². The molecule has 0 spiro atoms. The molecule has 3 aromatic carbocycles. The van der Waals surface area contributed by atoms with Crippen LogP contribution in [-0.2, 0) is 10.9 Å². The molecule has 0 radical (unpaired) electrons. The van der Waals surface area contributed by atoms with Crippen molar-refractivity contribution >= 4 is 34.1 Å². The summed E-state index contributed by atoms with van der Waals surface area (Å²) in [4.78, 5) is 3.50. The fraction of sp³-hybridized carbons (Fsp3) is 0.100. The zero-order valence-corrected chi connectivity index (χ0v) is 15.7. The molecule has 0 bridgehead atoms. The van der Waals surface area contributed by atoms with Crippen molar-refractivity contribution in [2.45, 2.75) is 28.5 Å². The smallest absolute Gasteiger partial charge is 0.167 e. The molecule has 0 aromatic heterocycles. The summed E-state index contributed by atoms with van der Waals surface area (Å²) < 4.78 is 0. The normalized spacial score (nSPS) is 11.0. The second kappa shape index (κ2) is 7.10. The van der Waals surface area contributed by atoms with Gasteiger partial charge in [-0.2, -0.15) is 0 Å². The SMILES string of the molecule is Cc1cc([S+](c2ccc(Cl)cc2)c2ccc(Cl)cc2)cc(C)c1O. The standard InChI is InChI=1S/C20H16Cl2OS/c1-13-11-19(12-14(2)20(13)23)24(17-7-3-15(21)4-8-17)18-9-5-16(22)6-10-18/h3-12H,1-2H3/p+1. The van der Waals surface area contributed by atoms with E-state index in [0.717, 1.165) is 26.1 Å². The predicted octanol–water partition coefficient (Wildman–Crippen LogP) is 6.41. The van der Waals surface area contributed by atoms with E-state index in [4.69, 9.17) is 23.2 Å². The maximum Gasteiger partial charge on any atom is 0.167 e. The van der Waals surface area contributed by atoms with E-state index in [9.17, 15) is 5.11 Å². The van der Waals surface area contributed by atoms with Crippen LogP contribution in [0, 0.1) is 13.8 Å². The first-order valence-electron chi connectivity index (χ1n) is 7.51. The minimum absolute atomic E-state index is 0.288. The molecule has 0 aliphatic rings. The molecule has 0 unspecified atom stereocenters. The summed E-state index contributed by atoms with van der Waals surface area (Å²) in [6, 6.07) is 20.0. The Balaban J connectivity index is 2.18. The van der Waals surface area contributed by atoms with Crippen molar-refractivity contribution in [3.8, 4) is 5.75 Å². The van der Waals surface area contributed by atoms with Crippen LogP contribution < -0.4 is 0 Å². The molecule has 3 rings (SSSR count). The third kappa shape index (κ3) is 3.56. The summed E-state index contributed by atoms with van der Waals surface area (Å²) in [5.74, 6) is 0.356. The lowest BCUT2D eigenvalue weighted by Crippen LogP contribution is -2.05. The first kappa shape index (κ1) is 17.2. The van der Waals surface area contributed by atoms with Crippen molar-refractivity contribution in [3.63, 3.8) is 0 Å². The lowest BCUT2D eigenvalue weighted by molar-refractivity contribution is 0.466. The topological polar surface area (TPSA) is 20.2 Å². The fourth-order valence-corrected chi connectivity index (χ4v) is 5.06. The van der Waals surface area contributed by atoms with Crippen LogP contribution in [0.15, 0.2) is 75.4 Å². The summed E-state index contributed by atoms with van der Waals surface area (Å²) in [7, 11) is -0.288. The quantitative estimate of drug-likeness (QED) is 0.524. The van der Waals surface area contributed by atoms with E-state index in [1.165, 1.54) is 9.79 Å². The van der Waals surface area contributed by atoms with Crippen LogP contribution in [0.4, 0.5) is 0 Å². The van der Waals surface area contributed by atoms with Gasteiger partial charge in [-0.3, -0.25) is 0 Å². The Morgan fingerprint density at radius 3 is 1.42 bits per heavy atom. The Hall–Kier alpha value is -1.61. The molecule has 0 atom stereocenters. The van der Waals surface area contributed by atoms with Crippen LogP contribution in [0.2, 0.25) is 10.0 Å². The Morgan fingerprint density at radius 2 is 1.04 bits per heavy atom. The Kier molecular flexibility index (Phi) is 5.09. The third-order valence-electron chi connectivity index (χ3n) is 3.80. The van der Waals surface area contributed by atoms with Crippen LogP contribution in [0.25, 0.3) is 0 Å². The first-order chi connectivity index (χ1) is 11.5. The molecule has 122 valence electrons. The van der Waals surface area contributed by atoms with Gasteiger partial charge < -0.3 is 5.11 Å². The molecule has 0 aliphatic heterocycles. The Bertz CT molecular complexity index is 789. The monoisotopic (exact) mass is 375 g/mol. The van der Waals surface area contributed by atoms with Crippen molar-refractivity contribution in [1.29, 1.82) is 0 Å². The van der Waals surface area contributed by atoms with Crippen LogP contribution in [0.3, 0.4) is 0 Å². The molecule has 0 aliphatic carbocycles. The first-order valence-corrected chi connectivity index (χ1v) is 9.49. The van der Waals surface area contributed by atoms with Gasteiger partial charge in [0, 0.05) is 22.2 Å². The number of benzene rings is 3. The maximum atomic E-state index is 10.1. The zero-order valence-electron chi connectivity index (χ0n) is 13.4.